The Hall–Kier alpha value is -1.78. The van der Waals surface area contributed by atoms with Crippen molar-refractivity contribution in [2.75, 3.05) is 6.54 Å². The Balaban J connectivity index is 2.50. The van der Waals surface area contributed by atoms with Crippen molar-refractivity contribution in [2.24, 2.45) is 0 Å². The fourth-order valence-electron chi connectivity index (χ4n) is 5.44. The van der Waals surface area contributed by atoms with Crippen LogP contribution in [0.5, 0.6) is 0 Å². The molecule has 5 nitrogen and oxygen atoms in total. The predicted molar refractivity (Wildman–Crippen MR) is 150 cm³/mol. The third-order valence-electron chi connectivity index (χ3n) is 7.69. The lowest BCUT2D eigenvalue weighted by molar-refractivity contribution is -0.151. The summed E-state index contributed by atoms with van der Waals surface area (Å²) in [6, 6.07) is 0. The molecule has 1 atom stereocenters. The van der Waals surface area contributed by atoms with Gasteiger partial charge in [0.25, 0.3) is 0 Å². The van der Waals surface area contributed by atoms with E-state index in [-0.39, 0.29) is 5.57 Å². The summed E-state index contributed by atoms with van der Waals surface area (Å²) in [5.74, 6) is -2.16. The lowest BCUT2D eigenvalue weighted by Gasteiger charge is -2.42. The molecule has 208 valence electrons. The molecule has 0 saturated carbocycles. The van der Waals surface area contributed by atoms with Gasteiger partial charge in [0.15, 0.2) is 5.54 Å². The molecule has 36 heavy (non-hydrogen) atoms. The Kier molecular flexibility index (Phi) is 18.2. The fraction of sp³-hybridized carbons (Fsp3) is 0.806. The topological polar surface area (TPSA) is 77.8 Å². The van der Waals surface area contributed by atoms with E-state index in [1.54, 1.807) is 17.2 Å². The van der Waals surface area contributed by atoms with Gasteiger partial charge in [-0.3, -0.25) is 0 Å². The molecule has 1 aliphatic heterocycles. The number of allylic oxidation sites excluding steroid dienone is 2. The Bertz CT molecular complexity index is 657. The second kappa shape index (κ2) is 20.3. The van der Waals surface area contributed by atoms with Crippen LogP contribution in [0.15, 0.2) is 23.9 Å². The molecule has 5 heteroatoms. The van der Waals surface area contributed by atoms with Crippen molar-refractivity contribution in [1.29, 1.82) is 0 Å². The van der Waals surface area contributed by atoms with Crippen LogP contribution < -0.4 is 0 Å². The van der Waals surface area contributed by atoms with Crippen molar-refractivity contribution in [2.45, 2.75) is 154 Å². The summed E-state index contributed by atoms with van der Waals surface area (Å²) >= 11 is 0. The lowest BCUT2D eigenvalue weighted by atomic mass is 9.80. The first-order valence-corrected chi connectivity index (χ1v) is 15.1. The quantitative estimate of drug-likeness (QED) is 0.128. The predicted octanol–water partition coefficient (Wildman–Crippen LogP) is 8.88. The molecular weight excluding hydrogens is 450 g/mol. The van der Waals surface area contributed by atoms with Crippen LogP contribution in [0.25, 0.3) is 0 Å². The van der Waals surface area contributed by atoms with Crippen LogP contribution in [0.3, 0.4) is 0 Å². The molecule has 0 aromatic rings. The highest BCUT2D eigenvalue weighted by molar-refractivity contribution is 6.00. The van der Waals surface area contributed by atoms with Crippen LogP contribution in [0, 0.1) is 0 Å². The Labute approximate surface area is 221 Å². The van der Waals surface area contributed by atoms with Crippen molar-refractivity contribution < 1.29 is 19.8 Å². The molecule has 0 saturated heterocycles. The van der Waals surface area contributed by atoms with Gasteiger partial charge in [0.2, 0.25) is 0 Å². The zero-order chi connectivity index (χ0) is 26.5. The summed E-state index contributed by atoms with van der Waals surface area (Å²) in [6.07, 6.45) is 29.2. The standard InChI is InChI=1S/C31H55NO4/c1-3-5-7-9-11-13-15-17-19-21-25-31(30(35)36)28(29(33)34)24-23-27-32(31)26-22-20-18-16-14-12-10-8-6-4-2/h23-24,27H,3-22,25-26H2,1-2H3,(H,33,34)(H,35,36). The van der Waals surface area contributed by atoms with Gasteiger partial charge in [0.05, 0.1) is 5.57 Å². The highest BCUT2D eigenvalue weighted by Gasteiger charge is 2.49. The number of nitrogens with zero attached hydrogens (tertiary/aromatic N) is 1. The minimum Gasteiger partial charge on any atom is -0.479 e. The summed E-state index contributed by atoms with van der Waals surface area (Å²) < 4.78 is 0. The molecule has 0 fully saturated rings. The third kappa shape index (κ3) is 12.0. The number of carboxylic acids is 2. The summed E-state index contributed by atoms with van der Waals surface area (Å²) in [5.41, 5.74) is -1.46. The van der Waals surface area contributed by atoms with Crippen LogP contribution in [0.1, 0.15) is 149 Å². The maximum Gasteiger partial charge on any atom is 0.334 e. The van der Waals surface area contributed by atoms with E-state index in [0.717, 1.165) is 38.5 Å². The van der Waals surface area contributed by atoms with Gasteiger partial charge in [0, 0.05) is 12.7 Å². The second-order valence-corrected chi connectivity index (χ2v) is 10.7. The zero-order valence-corrected chi connectivity index (χ0v) is 23.4. The van der Waals surface area contributed by atoms with E-state index in [4.69, 9.17) is 0 Å². The summed E-state index contributed by atoms with van der Waals surface area (Å²) in [7, 11) is 0. The Morgan fingerprint density at radius 3 is 1.50 bits per heavy atom. The van der Waals surface area contributed by atoms with E-state index in [9.17, 15) is 19.8 Å². The van der Waals surface area contributed by atoms with Gasteiger partial charge in [-0.1, -0.05) is 136 Å². The van der Waals surface area contributed by atoms with Gasteiger partial charge in [-0.05, 0) is 25.0 Å². The Morgan fingerprint density at radius 2 is 1.08 bits per heavy atom. The molecule has 1 aliphatic rings. The highest BCUT2D eigenvalue weighted by atomic mass is 16.4. The molecule has 1 heterocycles. The highest BCUT2D eigenvalue weighted by Crippen LogP contribution is 2.35. The van der Waals surface area contributed by atoms with Crippen LogP contribution in [-0.4, -0.2) is 39.1 Å². The van der Waals surface area contributed by atoms with Gasteiger partial charge in [-0.15, -0.1) is 0 Å². The fourth-order valence-corrected chi connectivity index (χ4v) is 5.44. The van der Waals surface area contributed by atoms with Crippen molar-refractivity contribution in [3.8, 4) is 0 Å². The second-order valence-electron chi connectivity index (χ2n) is 10.7. The van der Waals surface area contributed by atoms with Crippen molar-refractivity contribution >= 4 is 11.9 Å². The van der Waals surface area contributed by atoms with E-state index < -0.39 is 17.5 Å². The largest absolute Gasteiger partial charge is 0.479 e. The first kappa shape index (κ1) is 32.2. The summed E-state index contributed by atoms with van der Waals surface area (Å²) in [4.78, 5) is 26.5. The van der Waals surface area contributed by atoms with Crippen molar-refractivity contribution in [1.82, 2.24) is 4.90 Å². The molecule has 0 radical (unpaired) electrons. The van der Waals surface area contributed by atoms with Crippen molar-refractivity contribution in [3.05, 3.63) is 23.9 Å². The van der Waals surface area contributed by atoms with Gasteiger partial charge >= 0.3 is 11.9 Å². The van der Waals surface area contributed by atoms with Crippen LogP contribution >= 0.6 is 0 Å². The number of hydrogen-bond acceptors (Lipinski definition) is 3. The molecule has 1 unspecified atom stereocenters. The van der Waals surface area contributed by atoms with E-state index in [1.165, 1.54) is 96.0 Å². The minimum absolute atomic E-state index is 0.000466. The number of rotatable bonds is 24. The SMILES string of the molecule is CCCCCCCCCCCCN1C=CC=C(C(=O)O)C1(CCCCCCCCCCCC)C(=O)O. The molecule has 0 aliphatic carbocycles. The maximum absolute atomic E-state index is 12.6. The number of aliphatic carboxylic acids is 2. The molecule has 0 bridgehead atoms. The molecular formula is C31H55NO4. The van der Waals surface area contributed by atoms with Crippen molar-refractivity contribution in [3.63, 3.8) is 0 Å². The number of hydrogen-bond donors (Lipinski definition) is 2. The zero-order valence-electron chi connectivity index (χ0n) is 23.4. The van der Waals surface area contributed by atoms with Gasteiger partial charge < -0.3 is 15.1 Å². The average molecular weight is 506 g/mol. The monoisotopic (exact) mass is 505 g/mol. The normalized spacial score (nSPS) is 17.4. The van der Waals surface area contributed by atoms with Gasteiger partial charge in [-0.2, -0.15) is 0 Å². The van der Waals surface area contributed by atoms with Gasteiger partial charge in [0.1, 0.15) is 0 Å². The van der Waals surface area contributed by atoms with E-state index >= 15 is 0 Å². The first-order valence-electron chi connectivity index (χ1n) is 15.1. The first-order chi connectivity index (χ1) is 17.5. The number of unbranched alkanes of at least 4 members (excludes halogenated alkanes) is 18. The van der Waals surface area contributed by atoms with Crippen LogP contribution in [0.2, 0.25) is 0 Å². The molecule has 0 spiro atoms. The number of carboxylic acid groups (broad SMARTS) is 2. The molecule has 2 N–H and O–H groups in total. The van der Waals surface area contributed by atoms with Crippen LogP contribution in [-0.2, 0) is 9.59 Å². The van der Waals surface area contributed by atoms with E-state index in [1.807, 2.05) is 0 Å². The molecule has 0 amide bonds. The average Bonchev–Trinajstić information content (AvgIpc) is 2.86. The molecule has 1 rings (SSSR count). The smallest absolute Gasteiger partial charge is 0.334 e. The third-order valence-corrected chi connectivity index (χ3v) is 7.69. The van der Waals surface area contributed by atoms with Gasteiger partial charge in [-0.25, -0.2) is 9.59 Å². The summed E-state index contributed by atoms with van der Waals surface area (Å²) in [6.45, 7) is 5.06. The number of carbonyl (C=O) groups is 2. The Morgan fingerprint density at radius 1 is 0.667 bits per heavy atom. The molecule has 0 aromatic carbocycles. The molecule has 0 aromatic heterocycles. The van der Waals surface area contributed by atoms with E-state index in [2.05, 4.69) is 13.8 Å². The minimum atomic E-state index is -1.46. The lowest BCUT2D eigenvalue weighted by Crippen LogP contribution is -2.56. The maximum atomic E-state index is 12.6. The van der Waals surface area contributed by atoms with Crippen LogP contribution in [0.4, 0.5) is 0 Å². The summed E-state index contributed by atoms with van der Waals surface area (Å²) in [5, 5.41) is 20.2. The van der Waals surface area contributed by atoms with E-state index in [0.29, 0.717) is 13.0 Å².